The third kappa shape index (κ3) is 3.47. The van der Waals surface area contributed by atoms with Crippen LogP contribution >= 0.6 is 27.3 Å². The van der Waals surface area contributed by atoms with Crippen LogP contribution < -0.4 is 18.9 Å². The van der Waals surface area contributed by atoms with Gasteiger partial charge in [-0.05, 0) is 28.1 Å². The number of rotatable bonds is 6. The fourth-order valence-electron chi connectivity index (χ4n) is 1.79. The minimum absolute atomic E-state index is 0.202. The lowest BCUT2D eigenvalue weighted by Crippen LogP contribution is -2.11. The van der Waals surface area contributed by atoms with Crippen LogP contribution in [-0.4, -0.2) is 29.7 Å². The van der Waals surface area contributed by atoms with E-state index in [0.29, 0.717) is 22.9 Å². The number of sulfonamides is 1. The summed E-state index contributed by atoms with van der Waals surface area (Å²) in [7, 11) is 0.733. The molecule has 2 rings (SSSR count). The summed E-state index contributed by atoms with van der Waals surface area (Å²) in [4.78, 5) is 0. The van der Waals surface area contributed by atoms with Crippen molar-refractivity contribution in [3.8, 4) is 17.2 Å². The lowest BCUT2D eigenvalue weighted by atomic mass is 10.2. The average molecular weight is 408 g/mol. The van der Waals surface area contributed by atoms with E-state index in [0.717, 1.165) is 15.1 Å². The first-order chi connectivity index (χ1) is 10.4. The SMILES string of the molecule is COc1cc(NS(=O)(=O)c2ccc(Br)s2)cc(OC)c1OC. The molecule has 0 aliphatic carbocycles. The highest BCUT2D eigenvalue weighted by atomic mass is 79.9. The standard InChI is InChI=1S/C13H14BrNO5S2/c1-18-9-6-8(7-10(19-2)13(9)20-3)15-22(16,17)12-5-4-11(14)21-12/h4-7,15H,1-3H3. The molecule has 1 N–H and O–H groups in total. The number of ether oxygens (including phenoxy) is 3. The molecular weight excluding hydrogens is 394 g/mol. The van der Waals surface area contributed by atoms with E-state index in [9.17, 15) is 8.42 Å². The smallest absolute Gasteiger partial charge is 0.271 e. The van der Waals surface area contributed by atoms with E-state index in [1.54, 1.807) is 6.07 Å². The maximum Gasteiger partial charge on any atom is 0.271 e. The Morgan fingerprint density at radius 3 is 2.05 bits per heavy atom. The molecule has 0 saturated carbocycles. The van der Waals surface area contributed by atoms with Crippen molar-refractivity contribution in [1.82, 2.24) is 0 Å². The van der Waals surface area contributed by atoms with Crippen LogP contribution in [0.5, 0.6) is 17.2 Å². The molecule has 1 aromatic carbocycles. The first-order valence-electron chi connectivity index (χ1n) is 5.99. The molecule has 22 heavy (non-hydrogen) atoms. The van der Waals surface area contributed by atoms with Gasteiger partial charge in [0.2, 0.25) is 5.75 Å². The fraction of sp³-hybridized carbons (Fsp3) is 0.231. The third-order valence-corrected chi connectivity index (χ3v) is 6.23. The second-order valence-corrected chi connectivity index (χ2v) is 8.45. The van der Waals surface area contributed by atoms with Gasteiger partial charge in [0.15, 0.2) is 11.5 Å². The monoisotopic (exact) mass is 407 g/mol. The molecule has 0 bridgehead atoms. The summed E-state index contributed by atoms with van der Waals surface area (Å²) in [5.41, 5.74) is 0.319. The first kappa shape index (κ1) is 16.9. The van der Waals surface area contributed by atoms with E-state index in [4.69, 9.17) is 14.2 Å². The predicted molar refractivity (Wildman–Crippen MR) is 88.9 cm³/mol. The molecule has 9 heteroatoms. The van der Waals surface area contributed by atoms with Gasteiger partial charge in [0.05, 0.1) is 30.8 Å². The van der Waals surface area contributed by atoms with Crippen LogP contribution in [0.15, 0.2) is 32.3 Å². The highest BCUT2D eigenvalue weighted by Gasteiger charge is 2.20. The fourth-order valence-corrected chi connectivity index (χ4v) is 4.84. The molecule has 6 nitrogen and oxygen atoms in total. The van der Waals surface area contributed by atoms with Gasteiger partial charge in [-0.15, -0.1) is 11.3 Å². The van der Waals surface area contributed by atoms with Crippen LogP contribution in [0.25, 0.3) is 0 Å². The molecule has 0 aliphatic rings. The van der Waals surface area contributed by atoms with Crippen LogP contribution in [0.1, 0.15) is 0 Å². The molecule has 0 amide bonds. The highest BCUT2D eigenvalue weighted by molar-refractivity contribution is 9.11. The maximum atomic E-state index is 12.3. The van der Waals surface area contributed by atoms with Crippen molar-refractivity contribution in [3.05, 3.63) is 28.1 Å². The normalized spacial score (nSPS) is 11.1. The number of methoxy groups -OCH3 is 3. The van der Waals surface area contributed by atoms with Gasteiger partial charge in [0, 0.05) is 12.1 Å². The Bertz CT molecular complexity index is 747. The Labute approximate surface area is 141 Å². The number of anilines is 1. The summed E-state index contributed by atoms with van der Waals surface area (Å²) in [6, 6.07) is 6.26. The molecule has 120 valence electrons. The largest absolute Gasteiger partial charge is 0.493 e. The molecule has 0 fully saturated rings. The molecule has 0 unspecified atom stereocenters. The van der Waals surface area contributed by atoms with E-state index in [1.165, 1.54) is 39.5 Å². The van der Waals surface area contributed by atoms with Gasteiger partial charge < -0.3 is 14.2 Å². The molecule has 0 radical (unpaired) electrons. The molecular formula is C13H14BrNO5S2. The quantitative estimate of drug-likeness (QED) is 0.794. The molecule has 2 aromatic rings. The Morgan fingerprint density at radius 1 is 1.05 bits per heavy atom. The van der Waals surface area contributed by atoms with Crippen molar-refractivity contribution in [2.75, 3.05) is 26.1 Å². The molecule has 1 aromatic heterocycles. The molecule has 0 spiro atoms. The Hall–Kier alpha value is -1.45. The summed E-state index contributed by atoms with van der Waals surface area (Å²) in [5.74, 6) is 1.13. The van der Waals surface area contributed by atoms with Crippen molar-refractivity contribution in [3.63, 3.8) is 0 Å². The lowest BCUT2D eigenvalue weighted by molar-refractivity contribution is 0.325. The van der Waals surface area contributed by atoms with Crippen LogP contribution in [0.2, 0.25) is 0 Å². The Kier molecular flexibility index (Phi) is 5.20. The Morgan fingerprint density at radius 2 is 1.64 bits per heavy atom. The molecule has 0 atom stereocenters. The van der Waals surface area contributed by atoms with Crippen LogP contribution in [0, 0.1) is 0 Å². The second kappa shape index (κ2) is 6.76. The number of thiophene rings is 1. The molecule has 1 heterocycles. The van der Waals surface area contributed by atoms with Crippen LogP contribution in [0.4, 0.5) is 5.69 Å². The summed E-state index contributed by atoms with van der Waals surface area (Å²) in [6.45, 7) is 0. The lowest BCUT2D eigenvalue weighted by Gasteiger charge is -2.14. The Balaban J connectivity index is 2.41. The topological polar surface area (TPSA) is 73.9 Å². The van der Waals surface area contributed by atoms with Gasteiger partial charge in [0.1, 0.15) is 4.21 Å². The summed E-state index contributed by atoms with van der Waals surface area (Å²) in [5, 5.41) is 0. The van der Waals surface area contributed by atoms with Crippen molar-refractivity contribution >= 4 is 43.0 Å². The van der Waals surface area contributed by atoms with E-state index in [-0.39, 0.29) is 4.21 Å². The number of halogens is 1. The van der Waals surface area contributed by atoms with E-state index < -0.39 is 10.0 Å². The van der Waals surface area contributed by atoms with Gasteiger partial charge in [-0.1, -0.05) is 0 Å². The van der Waals surface area contributed by atoms with Crippen LogP contribution in [0.3, 0.4) is 0 Å². The average Bonchev–Trinajstić information content (AvgIpc) is 2.93. The van der Waals surface area contributed by atoms with Gasteiger partial charge >= 0.3 is 0 Å². The number of nitrogens with one attached hydrogen (secondary N) is 1. The predicted octanol–water partition coefficient (Wildman–Crippen LogP) is 3.34. The van der Waals surface area contributed by atoms with Crippen molar-refractivity contribution in [1.29, 1.82) is 0 Å². The van der Waals surface area contributed by atoms with Crippen molar-refractivity contribution in [2.45, 2.75) is 4.21 Å². The number of hydrogen-bond acceptors (Lipinski definition) is 6. The third-order valence-electron chi connectivity index (χ3n) is 2.73. The summed E-state index contributed by atoms with van der Waals surface area (Å²) < 4.78 is 43.7. The highest BCUT2D eigenvalue weighted by Crippen LogP contribution is 2.40. The van der Waals surface area contributed by atoms with Gasteiger partial charge in [-0.2, -0.15) is 0 Å². The number of hydrogen-bond donors (Lipinski definition) is 1. The summed E-state index contributed by atoms with van der Waals surface area (Å²) >= 11 is 4.36. The van der Waals surface area contributed by atoms with Crippen LogP contribution in [-0.2, 0) is 10.0 Å². The van der Waals surface area contributed by atoms with Gasteiger partial charge in [0.25, 0.3) is 10.0 Å². The minimum atomic E-state index is -3.68. The zero-order chi connectivity index (χ0) is 16.3. The van der Waals surface area contributed by atoms with Crippen molar-refractivity contribution in [2.24, 2.45) is 0 Å². The van der Waals surface area contributed by atoms with Crippen molar-refractivity contribution < 1.29 is 22.6 Å². The number of benzene rings is 1. The molecule has 0 saturated heterocycles. The zero-order valence-electron chi connectivity index (χ0n) is 12.0. The van der Waals surface area contributed by atoms with E-state index >= 15 is 0 Å². The van der Waals surface area contributed by atoms with Gasteiger partial charge in [-0.3, -0.25) is 4.72 Å². The molecule has 0 aliphatic heterocycles. The van der Waals surface area contributed by atoms with E-state index in [1.807, 2.05) is 0 Å². The first-order valence-corrected chi connectivity index (χ1v) is 9.08. The van der Waals surface area contributed by atoms with Gasteiger partial charge in [-0.25, -0.2) is 8.42 Å². The zero-order valence-corrected chi connectivity index (χ0v) is 15.3. The minimum Gasteiger partial charge on any atom is -0.493 e. The summed E-state index contributed by atoms with van der Waals surface area (Å²) in [6.07, 6.45) is 0. The maximum absolute atomic E-state index is 12.3. The van der Waals surface area contributed by atoms with E-state index in [2.05, 4.69) is 20.7 Å². The second-order valence-electron chi connectivity index (χ2n) is 4.08.